The van der Waals surface area contributed by atoms with E-state index in [1.165, 1.54) is 51.1 Å². The average molecular weight is 915 g/mol. The molecule has 2 aromatic heterocycles. The maximum Gasteiger partial charge on any atom is 0.417 e. The average Bonchev–Trinajstić information content (AvgIpc) is 3.84. The van der Waals surface area contributed by atoms with Crippen LogP contribution in [-0.4, -0.2) is 9.13 Å². The number of hydrogen-bond donors (Lipinski definition) is 0. The van der Waals surface area contributed by atoms with Crippen LogP contribution in [0.3, 0.4) is 0 Å². The van der Waals surface area contributed by atoms with Crippen LogP contribution in [-0.2, 0) is 6.18 Å². The van der Waals surface area contributed by atoms with Crippen molar-refractivity contribution >= 4 is 43.6 Å². The molecule has 9 aromatic carbocycles. The Morgan fingerprint density at radius 1 is 0.400 bits per heavy atom. The van der Waals surface area contributed by atoms with Crippen LogP contribution in [0.5, 0.6) is 0 Å². The topological polar surface area (TPSA) is 57.4 Å². The fourth-order valence-electron chi connectivity index (χ4n) is 11.4. The molecule has 0 saturated heterocycles. The summed E-state index contributed by atoms with van der Waals surface area (Å²) in [6, 6.07) is 57.0. The van der Waals surface area contributed by atoms with Crippen LogP contribution in [0.25, 0.3) is 99.5 Å². The number of aryl methyl sites for hydroxylation is 6. The molecule has 0 aliphatic heterocycles. The smallest absolute Gasteiger partial charge is 0.309 e. The minimum absolute atomic E-state index is 0.105. The molecular formula is C63H45F3N4. The molecule has 7 heteroatoms. The predicted molar refractivity (Wildman–Crippen MR) is 280 cm³/mol. The Kier molecular flexibility index (Phi) is 10.4. The first-order valence-corrected chi connectivity index (χ1v) is 23.3. The summed E-state index contributed by atoms with van der Waals surface area (Å²) in [6.07, 6.45) is -4.82. The van der Waals surface area contributed by atoms with Crippen molar-refractivity contribution in [2.24, 2.45) is 0 Å². The summed E-state index contributed by atoms with van der Waals surface area (Å²) >= 11 is 0. The molecule has 0 unspecified atom stereocenters. The van der Waals surface area contributed by atoms with Crippen molar-refractivity contribution in [3.05, 3.63) is 214 Å². The Balaban J connectivity index is 1.27. The van der Waals surface area contributed by atoms with E-state index in [0.717, 1.165) is 66.4 Å². The third-order valence-electron chi connectivity index (χ3n) is 14.0. The van der Waals surface area contributed by atoms with Crippen molar-refractivity contribution in [1.82, 2.24) is 9.13 Å². The highest BCUT2D eigenvalue weighted by molar-refractivity contribution is 6.14. The lowest BCUT2D eigenvalue weighted by Gasteiger charge is -2.24. The quantitative estimate of drug-likeness (QED) is 0.167. The van der Waals surface area contributed by atoms with Gasteiger partial charge in [0.05, 0.1) is 62.3 Å². The molecule has 0 saturated carbocycles. The Labute approximate surface area is 404 Å². The molecule has 0 N–H and O–H groups in total. The molecule has 11 rings (SSSR count). The van der Waals surface area contributed by atoms with Crippen LogP contribution in [0, 0.1) is 64.2 Å². The zero-order chi connectivity index (χ0) is 48.7. The molecule has 0 atom stereocenters. The summed E-state index contributed by atoms with van der Waals surface area (Å²) in [4.78, 5) is 0. The summed E-state index contributed by atoms with van der Waals surface area (Å²) in [5, 5.41) is 25.1. The first kappa shape index (κ1) is 43.9. The Morgan fingerprint density at radius 2 is 0.871 bits per heavy atom. The minimum Gasteiger partial charge on any atom is -0.309 e. The van der Waals surface area contributed by atoms with Gasteiger partial charge in [-0.1, -0.05) is 108 Å². The van der Waals surface area contributed by atoms with Crippen molar-refractivity contribution in [2.75, 3.05) is 0 Å². The van der Waals surface area contributed by atoms with Gasteiger partial charge in [0.15, 0.2) is 0 Å². The predicted octanol–water partition coefficient (Wildman–Crippen LogP) is 17.2. The van der Waals surface area contributed by atoms with Gasteiger partial charge in [0.2, 0.25) is 0 Å². The molecule has 0 bridgehead atoms. The molecule has 0 aliphatic rings. The van der Waals surface area contributed by atoms with E-state index in [1.807, 2.05) is 54.6 Å². The second kappa shape index (κ2) is 16.5. The van der Waals surface area contributed by atoms with Crippen molar-refractivity contribution < 1.29 is 13.2 Å². The van der Waals surface area contributed by atoms with Gasteiger partial charge in [0.1, 0.15) is 0 Å². The normalized spacial score (nSPS) is 11.8. The van der Waals surface area contributed by atoms with E-state index < -0.39 is 11.7 Å². The molecule has 0 amide bonds. The molecule has 70 heavy (non-hydrogen) atoms. The van der Waals surface area contributed by atoms with Crippen molar-refractivity contribution in [3.8, 4) is 68.0 Å². The SMILES string of the molecule is Cc1cc(C)c(-c2ccc3c(c2)c2ccccc2n3-c2cccc(C#N)c2-c2c(-c3ccc(C#N)cc3C(F)(F)F)cccc2-n2c3ccccc3c3cc(-c4c(C)cc(C)cc4C)ccc32)c(C)c1. The first-order chi connectivity index (χ1) is 33.7. The fraction of sp³-hybridized carbons (Fsp3) is 0.111. The van der Waals surface area contributed by atoms with E-state index in [-0.39, 0.29) is 22.3 Å². The van der Waals surface area contributed by atoms with E-state index in [4.69, 9.17) is 0 Å². The maximum absolute atomic E-state index is 15.5. The number of para-hydroxylation sites is 2. The lowest BCUT2D eigenvalue weighted by Crippen LogP contribution is -2.09. The van der Waals surface area contributed by atoms with Crippen molar-refractivity contribution in [2.45, 2.75) is 47.7 Å². The molecule has 0 spiro atoms. The van der Waals surface area contributed by atoms with E-state index >= 15 is 13.2 Å². The van der Waals surface area contributed by atoms with Gasteiger partial charge in [-0.15, -0.1) is 0 Å². The first-order valence-electron chi connectivity index (χ1n) is 23.3. The van der Waals surface area contributed by atoms with Gasteiger partial charge in [-0.25, -0.2) is 0 Å². The van der Waals surface area contributed by atoms with Crippen LogP contribution in [0.1, 0.15) is 50.1 Å². The number of hydrogen-bond acceptors (Lipinski definition) is 2. The Morgan fingerprint density at radius 3 is 1.36 bits per heavy atom. The zero-order valence-corrected chi connectivity index (χ0v) is 39.5. The number of fused-ring (bicyclic) bond motifs is 6. The molecule has 11 aromatic rings. The summed E-state index contributed by atoms with van der Waals surface area (Å²) in [5.74, 6) is 0. The van der Waals surface area contributed by atoms with E-state index in [9.17, 15) is 10.5 Å². The number of aromatic nitrogens is 2. The van der Waals surface area contributed by atoms with E-state index in [0.29, 0.717) is 22.5 Å². The maximum atomic E-state index is 15.5. The van der Waals surface area contributed by atoms with Gasteiger partial charge in [-0.05, 0) is 164 Å². The fourth-order valence-corrected chi connectivity index (χ4v) is 11.4. The second-order valence-electron chi connectivity index (χ2n) is 18.6. The minimum atomic E-state index is -4.82. The van der Waals surface area contributed by atoms with Crippen molar-refractivity contribution in [1.29, 1.82) is 10.5 Å². The highest BCUT2D eigenvalue weighted by Crippen LogP contribution is 2.49. The van der Waals surface area contributed by atoms with Crippen LogP contribution in [0.4, 0.5) is 13.2 Å². The molecule has 0 radical (unpaired) electrons. The number of nitriles is 2. The number of rotatable bonds is 6. The second-order valence-corrected chi connectivity index (χ2v) is 18.6. The summed E-state index contributed by atoms with van der Waals surface area (Å²) in [6.45, 7) is 12.7. The standard InChI is InChI=1S/C63H45F3N4/c1-36-27-38(3)59(39(4)28-36)43-22-25-55-50(32-43)47-14-7-9-17-53(47)69(55)57-19-11-13-45(35-68)61(57)62-49(46-24-21-42(34-67)31-52(46)63(64,65)66)16-12-20-58(62)70-54-18-10-8-15-48(54)51-33-44(23-26-56(51)70)60-40(5)29-37(2)30-41(60)6/h7-33H,1-6H3. The number of nitrogens with zero attached hydrogens (tertiary/aromatic N) is 4. The number of benzene rings is 9. The summed E-state index contributed by atoms with van der Waals surface area (Å²) in [7, 11) is 0. The van der Waals surface area contributed by atoms with Gasteiger partial charge in [-0.2, -0.15) is 23.7 Å². The molecule has 0 aliphatic carbocycles. The van der Waals surface area contributed by atoms with Crippen molar-refractivity contribution in [3.63, 3.8) is 0 Å². The molecule has 338 valence electrons. The number of alkyl halides is 3. The molecule has 4 nitrogen and oxygen atoms in total. The largest absolute Gasteiger partial charge is 0.417 e. The van der Waals surface area contributed by atoms with Crippen LogP contribution < -0.4 is 0 Å². The van der Waals surface area contributed by atoms with E-state index in [1.54, 1.807) is 18.2 Å². The van der Waals surface area contributed by atoms with Crippen LogP contribution in [0.15, 0.2) is 164 Å². The van der Waals surface area contributed by atoms with Gasteiger partial charge in [-0.3, -0.25) is 0 Å². The van der Waals surface area contributed by atoms with E-state index in [2.05, 4.69) is 136 Å². The Hall–Kier alpha value is -8.65. The van der Waals surface area contributed by atoms with Gasteiger partial charge >= 0.3 is 6.18 Å². The Bertz CT molecular complexity index is 4050. The van der Waals surface area contributed by atoms with Crippen LogP contribution in [0.2, 0.25) is 0 Å². The number of halogens is 3. The third kappa shape index (κ3) is 6.96. The molecule has 0 fully saturated rings. The molecular weight excluding hydrogens is 870 g/mol. The van der Waals surface area contributed by atoms with Gasteiger partial charge in [0, 0.05) is 32.7 Å². The lowest BCUT2D eigenvalue weighted by molar-refractivity contribution is -0.137. The van der Waals surface area contributed by atoms with Gasteiger partial charge in [0.25, 0.3) is 0 Å². The van der Waals surface area contributed by atoms with Gasteiger partial charge < -0.3 is 9.13 Å². The van der Waals surface area contributed by atoms with Crippen LogP contribution >= 0.6 is 0 Å². The highest BCUT2D eigenvalue weighted by atomic mass is 19.4. The lowest BCUT2D eigenvalue weighted by atomic mass is 9.86. The third-order valence-corrected chi connectivity index (χ3v) is 14.0. The highest BCUT2D eigenvalue weighted by Gasteiger charge is 2.36. The monoisotopic (exact) mass is 914 g/mol. The molecule has 2 heterocycles. The summed E-state index contributed by atoms with van der Waals surface area (Å²) < 4.78 is 50.7. The summed E-state index contributed by atoms with van der Waals surface area (Å²) in [5.41, 5.74) is 16.5. The zero-order valence-electron chi connectivity index (χ0n) is 39.5.